The Morgan fingerprint density at radius 1 is 1.32 bits per heavy atom. The van der Waals surface area contributed by atoms with Crippen LogP contribution in [0.3, 0.4) is 0 Å². The number of halogens is 1. The summed E-state index contributed by atoms with van der Waals surface area (Å²) in [5.74, 6) is -1.05. The van der Waals surface area contributed by atoms with Gasteiger partial charge in [-0.25, -0.2) is 9.78 Å². The van der Waals surface area contributed by atoms with Gasteiger partial charge in [-0.2, -0.15) is 0 Å². The lowest BCUT2D eigenvalue weighted by atomic mass is 10.1. The van der Waals surface area contributed by atoms with E-state index in [0.717, 1.165) is 0 Å². The zero-order valence-corrected chi connectivity index (χ0v) is 15.0. The van der Waals surface area contributed by atoms with Crippen LogP contribution in [0.2, 0.25) is 0 Å². The Hall–Kier alpha value is -2.87. The molecule has 0 aliphatic heterocycles. The van der Waals surface area contributed by atoms with Crippen LogP contribution in [0, 0.1) is 6.92 Å². The molecule has 0 spiro atoms. The van der Waals surface area contributed by atoms with Crippen molar-refractivity contribution in [2.24, 2.45) is 0 Å². The van der Waals surface area contributed by atoms with Crippen molar-refractivity contribution < 1.29 is 19.4 Å². The molecule has 0 atom stereocenters. The van der Waals surface area contributed by atoms with Crippen molar-refractivity contribution in [3.05, 3.63) is 58.0 Å². The van der Waals surface area contributed by atoms with E-state index in [2.05, 4.69) is 26.2 Å². The minimum absolute atomic E-state index is 0.00761. The number of carboxylic acids is 1. The fourth-order valence-electron chi connectivity index (χ4n) is 2.57. The van der Waals surface area contributed by atoms with Crippen LogP contribution < -0.4 is 10.1 Å². The molecule has 0 saturated heterocycles. The van der Waals surface area contributed by atoms with Crippen LogP contribution in [0.15, 0.2) is 41.0 Å². The molecular weight excluding hydrogens is 390 g/mol. The number of nitrogens with zero attached hydrogens (tertiary/aromatic N) is 2. The second-order valence-corrected chi connectivity index (χ2v) is 6.18. The average Bonchev–Trinajstić information content (AvgIpc) is 2.92. The number of aromatic carboxylic acids is 1. The van der Waals surface area contributed by atoms with Gasteiger partial charge in [-0.15, -0.1) is 0 Å². The maximum absolute atomic E-state index is 12.8. The van der Waals surface area contributed by atoms with Gasteiger partial charge in [-0.1, -0.05) is 15.9 Å². The van der Waals surface area contributed by atoms with Crippen molar-refractivity contribution in [1.29, 1.82) is 0 Å². The summed E-state index contributed by atoms with van der Waals surface area (Å²) in [6, 6.07) is 8.12. The molecule has 1 aromatic carbocycles. The van der Waals surface area contributed by atoms with E-state index in [1.165, 1.54) is 19.2 Å². The first-order valence-corrected chi connectivity index (χ1v) is 8.07. The standard InChI is InChI=1S/C17H14BrN3O4/c1-9-14(21-7-3-4-13(25-2)15(21)19-9)16(22)20-12-6-5-10(18)8-11(12)17(23)24/h3-8H,1-2H3,(H,20,22)(H,23,24). The molecule has 0 fully saturated rings. The molecule has 3 rings (SSSR count). The number of hydrogen-bond acceptors (Lipinski definition) is 4. The van der Waals surface area contributed by atoms with Gasteiger partial charge in [0, 0.05) is 10.7 Å². The summed E-state index contributed by atoms with van der Waals surface area (Å²) in [6.07, 6.45) is 1.70. The largest absolute Gasteiger partial charge is 0.493 e. The number of amides is 1. The van der Waals surface area contributed by atoms with Gasteiger partial charge < -0.3 is 15.2 Å². The van der Waals surface area contributed by atoms with Crippen molar-refractivity contribution in [2.75, 3.05) is 12.4 Å². The summed E-state index contributed by atoms with van der Waals surface area (Å²) in [4.78, 5) is 28.5. The van der Waals surface area contributed by atoms with Crippen molar-refractivity contribution in [3.8, 4) is 5.75 Å². The molecule has 0 bridgehead atoms. The van der Waals surface area contributed by atoms with E-state index in [4.69, 9.17) is 4.74 Å². The van der Waals surface area contributed by atoms with Crippen LogP contribution in [0.1, 0.15) is 26.5 Å². The summed E-state index contributed by atoms with van der Waals surface area (Å²) < 4.78 is 7.48. The second-order valence-electron chi connectivity index (χ2n) is 5.27. The molecule has 0 saturated carbocycles. The number of aromatic nitrogens is 2. The number of carbonyl (C=O) groups is 2. The Kier molecular flexibility index (Phi) is 4.45. The van der Waals surface area contributed by atoms with Gasteiger partial charge in [0.25, 0.3) is 5.91 Å². The van der Waals surface area contributed by atoms with Crippen LogP contribution in [-0.2, 0) is 0 Å². The highest BCUT2D eigenvalue weighted by Gasteiger charge is 2.20. The number of carbonyl (C=O) groups excluding carboxylic acids is 1. The number of benzene rings is 1. The highest BCUT2D eigenvalue weighted by atomic mass is 79.9. The molecule has 2 heterocycles. The quantitative estimate of drug-likeness (QED) is 0.696. The van der Waals surface area contributed by atoms with Crippen molar-refractivity contribution in [1.82, 2.24) is 9.38 Å². The van der Waals surface area contributed by atoms with Crippen LogP contribution in [0.5, 0.6) is 5.75 Å². The van der Waals surface area contributed by atoms with Gasteiger partial charge in [0.2, 0.25) is 0 Å². The number of anilines is 1. The lowest BCUT2D eigenvalue weighted by Crippen LogP contribution is -2.17. The summed E-state index contributed by atoms with van der Waals surface area (Å²) in [7, 11) is 1.53. The molecule has 128 valence electrons. The third-order valence-corrected chi connectivity index (χ3v) is 4.18. The number of aryl methyl sites for hydroxylation is 1. The van der Waals surface area contributed by atoms with Gasteiger partial charge in [0.15, 0.2) is 11.4 Å². The van der Waals surface area contributed by atoms with Crippen molar-refractivity contribution >= 4 is 39.1 Å². The molecule has 1 amide bonds. The van der Waals surface area contributed by atoms with E-state index in [1.54, 1.807) is 35.7 Å². The Morgan fingerprint density at radius 2 is 2.08 bits per heavy atom. The van der Waals surface area contributed by atoms with Crippen molar-refractivity contribution in [3.63, 3.8) is 0 Å². The van der Waals surface area contributed by atoms with Gasteiger partial charge >= 0.3 is 5.97 Å². The molecule has 3 aromatic rings. The average molecular weight is 404 g/mol. The predicted octanol–water partition coefficient (Wildman–Crippen LogP) is 3.36. The topological polar surface area (TPSA) is 92.9 Å². The number of nitrogens with one attached hydrogen (secondary N) is 1. The molecule has 8 heteroatoms. The van der Waals surface area contributed by atoms with E-state index in [0.29, 0.717) is 27.3 Å². The summed E-state index contributed by atoms with van der Waals surface area (Å²) in [5.41, 5.74) is 1.54. The third-order valence-electron chi connectivity index (χ3n) is 3.68. The molecule has 2 aromatic heterocycles. The van der Waals surface area contributed by atoms with E-state index in [1.807, 2.05) is 0 Å². The normalized spacial score (nSPS) is 10.7. The Balaban J connectivity index is 2.05. The first-order valence-electron chi connectivity index (χ1n) is 7.28. The number of ether oxygens (including phenoxy) is 1. The van der Waals surface area contributed by atoms with Gasteiger partial charge in [-0.3, -0.25) is 9.20 Å². The lowest BCUT2D eigenvalue weighted by molar-refractivity contribution is 0.0698. The number of hydrogen-bond donors (Lipinski definition) is 2. The fourth-order valence-corrected chi connectivity index (χ4v) is 2.93. The maximum Gasteiger partial charge on any atom is 0.337 e. The summed E-state index contributed by atoms with van der Waals surface area (Å²) in [5, 5.41) is 12.0. The number of imidazole rings is 1. The molecular formula is C17H14BrN3O4. The number of methoxy groups -OCH3 is 1. The zero-order valence-electron chi connectivity index (χ0n) is 13.4. The van der Waals surface area contributed by atoms with Crippen LogP contribution in [0.25, 0.3) is 5.65 Å². The monoisotopic (exact) mass is 403 g/mol. The smallest absolute Gasteiger partial charge is 0.337 e. The van der Waals surface area contributed by atoms with Crippen molar-refractivity contribution in [2.45, 2.75) is 6.92 Å². The minimum atomic E-state index is -1.13. The Morgan fingerprint density at radius 3 is 2.76 bits per heavy atom. The number of fused-ring (bicyclic) bond motifs is 1. The highest BCUT2D eigenvalue weighted by molar-refractivity contribution is 9.10. The first kappa shape index (κ1) is 17.0. The second kappa shape index (κ2) is 6.56. The molecule has 0 aliphatic rings. The number of carboxylic acid groups (broad SMARTS) is 1. The maximum atomic E-state index is 12.8. The van der Waals surface area contributed by atoms with Crippen LogP contribution in [0.4, 0.5) is 5.69 Å². The van der Waals surface area contributed by atoms with Gasteiger partial charge in [-0.05, 0) is 37.3 Å². The highest BCUT2D eigenvalue weighted by Crippen LogP contribution is 2.24. The summed E-state index contributed by atoms with van der Waals surface area (Å²) in [6.45, 7) is 1.71. The lowest BCUT2D eigenvalue weighted by Gasteiger charge is -2.10. The zero-order chi connectivity index (χ0) is 18.1. The fraction of sp³-hybridized carbons (Fsp3) is 0.118. The number of rotatable bonds is 4. The molecule has 7 nitrogen and oxygen atoms in total. The van der Waals surface area contributed by atoms with E-state index >= 15 is 0 Å². The molecule has 0 radical (unpaired) electrons. The van der Waals surface area contributed by atoms with E-state index in [-0.39, 0.29) is 11.3 Å². The SMILES string of the molecule is COc1cccn2c(C(=O)Nc3ccc(Br)cc3C(=O)O)c(C)nc12. The molecule has 0 unspecified atom stereocenters. The first-order chi connectivity index (χ1) is 11.9. The minimum Gasteiger partial charge on any atom is -0.493 e. The Bertz CT molecular complexity index is 997. The molecule has 25 heavy (non-hydrogen) atoms. The number of pyridine rings is 1. The molecule has 2 N–H and O–H groups in total. The van der Waals surface area contributed by atoms with E-state index in [9.17, 15) is 14.7 Å². The Labute approximate surface area is 151 Å². The predicted molar refractivity (Wildman–Crippen MR) is 95.5 cm³/mol. The molecule has 0 aliphatic carbocycles. The van der Waals surface area contributed by atoms with Gasteiger partial charge in [0.1, 0.15) is 5.69 Å². The van der Waals surface area contributed by atoms with Gasteiger partial charge in [0.05, 0.1) is 24.1 Å². The van der Waals surface area contributed by atoms with Crippen LogP contribution in [-0.4, -0.2) is 33.5 Å². The summed E-state index contributed by atoms with van der Waals surface area (Å²) >= 11 is 3.23. The third kappa shape index (κ3) is 3.08. The van der Waals surface area contributed by atoms with E-state index < -0.39 is 11.9 Å². The van der Waals surface area contributed by atoms with Crippen LogP contribution >= 0.6 is 15.9 Å².